The molecule has 0 saturated heterocycles. The quantitative estimate of drug-likeness (QED) is 0.556. The summed E-state index contributed by atoms with van der Waals surface area (Å²) < 4.78 is 0. The van der Waals surface area contributed by atoms with Crippen LogP contribution in [0, 0.1) is 0 Å². The fourth-order valence-electron chi connectivity index (χ4n) is 1.57. The number of nitrogens with two attached hydrogens (primary N) is 1. The molecular weight excluding hydrogens is 240 g/mol. The molecule has 1 aromatic carbocycles. The lowest BCUT2D eigenvalue weighted by Gasteiger charge is -2.09. The normalized spacial score (nSPS) is 11.5. The summed E-state index contributed by atoms with van der Waals surface area (Å²) in [6, 6.07) is 7.96. The fraction of sp³-hybridized carbons (Fsp3) is 0.429. The van der Waals surface area contributed by atoms with Crippen molar-refractivity contribution in [2.24, 2.45) is 10.7 Å². The SMILES string of the molecule is CCc1cccc(NC(=O)CN=C(N)NC(C)C)c1. The first-order valence-corrected chi connectivity index (χ1v) is 6.46. The molecule has 1 rings (SSSR count). The highest BCUT2D eigenvalue weighted by Gasteiger charge is 2.02. The zero-order valence-electron chi connectivity index (χ0n) is 11.7. The topological polar surface area (TPSA) is 79.5 Å². The van der Waals surface area contributed by atoms with Crippen LogP contribution in [-0.2, 0) is 11.2 Å². The van der Waals surface area contributed by atoms with E-state index in [-0.39, 0.29) is 24.5 Å². The number of hydrogen-bond acceptors (Lipinski definition) is 2. The Balaban J connectivity index is 2.51. The molecule has 19 heavy (non-hydrogen) atoms. The third-order valence-electron chi connectivity index (χ3n) is 2.45. The zero-order valence-corrected chi connectivity index (χ0v) is 11.7. The minimum absolute atomic E-state index is 0.0158. The van der Waals surface area contributed by atoms with Crippen LogP contribution in [0.5, 0.6) is 0 Å². The number of nitrogens with zero attached hydrogens (tertiary/aromatic N) is 1. The molecule has 0 unspecified atom stereocenters. The predicted octanol–water partition coefficient (Wildman–Crippen LogP) is 1.50. The smallest absolute Gasteiger partial charge is 0.246 e. The molecule has 0 aliphatic heterocycles. The van der Waals surface area contributed by atoms with E-state index in [9.17, 15) is 4.79 Å². The van der Waals surface area contributed by atoms with Crippen LogP contribution in [0.15, 0.2) is 29.3 Å². The lowest BCUT2D eigenvalue weighted by atomic mass is 10.1. The molecule has 5 heteroatoms. The molecule has 0 spiro atoms. The van der Waals surface area contributed by atoms with Crippen molar-refractivity contribution in [1.82, 2.24) is 5.32 Å². The molecule has 104 valence electrons. The van der Waals surface area contributed by atoms with E-state index in [1.54, 1.807) is 0 Å². The number of anilines is 1. The number of hydrogen-bond donors (Lipinski definition) is 3. The molecule has 0 aromatic heterocycles. The number of amides is 1. The molecule has 5 nitrogen and oxygen atoms in total. The summed E-state index contributed by atoms with van der Waals surface area (Å²) in [5.74, 6) is 0.106. The van der Waals surface area contributed by atoms with Crippen LogP contribution < -0.4 is 16.4 Å². The molecule has 0 saturated carbocycles. The van der Waals surface area contributed by atoms with Crippen molar-refractivity contribution in [3.8, 4) is 0 Å². The lowest BCUT2D eigenvalue weighted by molar-refractivity contribution is -0.114. The van der Waals surface area contributed by atoms with Crippen molar-refractivity contribution in [2.45, 2.75) is 33.2 Å². The first kappa shape index (κ1) is 15.0. The summed E-state index contributed by atoms with van der Waals surface area (Å²) in [7, 11) is 0. The molecule has 1 aromatic rings. The van der Waals surface area contributed by atoms with Crippen molar-refractivity contribution in [2.75, 3.05) is 11.9 Å². The molecular formula is C14H22N4O. The van der Waals surface area contributed by atoms with Gasteiger partial charge in [-0.2, -0.15) is 0 Å². The third kappa shape index (κ3) is 5.90. The Kier molecular flexibility index (Phi) is 5.85. The second-order valence-electron chi connectivity index (χ2n) is 4.60. The summed E-state index contributed by atoms with van der Waals surface area (Å²) in [6.45, 7) is 6.00. The van der Waals surface area contributed by atoms with Gasteiger partial charge in [0.15, 0.2) is 5.96 Å². The number of benzene rings is 1. The van der Waals surface area contributed by atoms with Crippen molar-refractivity contribution >= 4 is 17.6 Å². The highest BCUT2D eigenvalue weighted by molar-refractivity contribution is 5.93. The number of aryl methyl sites for hydroxylation is 1. The maximum Gasteiger partial charge on any atom is 0.246 e. The van der Waals surface area contributed by atoms with Crippen LogP contribution in [0.1, 0.15) is 26.3 Å². The molecule has 1 amide bonds. The second kappa shape index (κ2) is 7.41. The second-order valence-corrected chi connectivity index (χ2v) is 4.60. The van der Waals surface area contributed by atoms with Gasteiger partial charge in [0, 0.05) is 11.7 Å². The van der Waals surface area contributed by atoms with Gasteiger partial charge in [-0.05, 0) is 38.0 Å². The number of nitrogens with one attached hydrogen (secondary N) is 2. The Morgan fingerprint density at radius 2 is 2.16 bits per heavy atom. The van der Waals surface area contributed by atoms with Crippen LogP contribution in [0.4, 0.5) is 5.69 Å². The van der Waals surface area contributed by atoms with Gasteiger partial charge in [0.2, 0.25) is 5.91 Å². The monoisotopic (exact) mass is 262 g/mol. The summed E-state index contributed by atoms with van der Waals surface area (Å²) in [6.07, 6.45) is 0.938. The van der Waals surface area contributed by atoms with Crippen molar-refractivity contribution in [1.29, 1.82) is 0 Å². The van der Waals surface area contributed by atoms with Crippen LogP contribution in [0.3, 0.4) is 0 Å². The molecule has 0 fully saturated rings. The van der Waals surface area contributed by atoms with Gasteiger partial charge in [-0.1, -0.05) is 19.1 Å². The largest absolute Gasteiger partial charge is 0.370 e. The predicted molar refractivity (Wildman–Crippen MR) is 79.2 cm³/mol. The minimum atomic E-state index is -0.179. The molecule has 4 N–H and O–H groups in total. The molecule has 0 atom stereocenters. The molecule has 0 heterocycles. The summed E-state index contributed by atoms with van der Waals surface area (Å²) >= 11 is 0. The zero-order chi connectivity index (χ0) is 14.3. The maximum atomic E-state index is 11.7. The lowest BCUT2D eigenvalue weighted by Crippen LogP contribution is -2.37. The van der Waals surface area contributed by atoms with E-state index in [2.05, 4.69) is 22.5 Å². The van der Waals surface area contributed by atoms with E-state index in [1.807, 2.05) is 38.1 Å². The third-order valence-corrected chi connectivity index (χ3v) is 2.45. The standard InChI is InChI=1S/C14H22N4O/c1-4-11-6-5-7-12(8-11)18-13(19)9-16-14(15)17-10(2)3/h5-8,10H,4,9H2,1-3H3,(H,18,19)(H3,15,16,17). The first-order chi connectivity index (χ1) is 9.01. The van der Waals surface area contributed by atoms with Gasteiger partial charge in [0.25, 0.3) is 0 Å². The van der Waals surface area contributed by atoms with E-state index in [4.69, 9.17) is 5.73 Å². The van der Waals surface area contributed by atoms with Crippen LogP contribution >= 0.6 is 0 Å². The number of carbonyl (C=O) groups excluding carboxylic acids is 1. The maximum absolute atomic E-state index is 11.7. The summed E-state index contributed by atoms with van der Waals surface area (Å²) in [4.78, 5) is 15.7. The minimum Gasteiger partial charge on any atom is -0.370 e. The average Bonchev–Trinajstić information content (AvgIpc) is 2.36. The average molecular weight is 262 g/mol. The van der Waals surface area contributed by atoms with Crippen LogP contribution in [0.25, 0.3) is 0 Å². The van der Waals surface area contributed by atoms with Gasteiger partial charge >= 0.3 is 0 Å². The van der Waals surface area contributed by atoms with Crippen molar-refractivity contribution < 1.29 is 4.79 Å². The number of guanidine groups is 1. The van der Waals surface area contributed by atoms with Gasteiger partial charge in [-0.3, -0.25) is 4.79 Å². The van der Waals surface area contributed by atoms with Gasteiger partial charge < -0.3 is 16.4 Å². The van der Waals surface area contributed by atoms with Gasteiger partial charge in [-0.15, -0.1) is 0 Å². The summed E-state index contributed by atoms with van der Waals surface area (Å²) in [5.41, 5.74) is 7.59. The van der Waals surface area contributed by atoms with E-state index >= 15 is 0 Å². The molecule has 0 bridgehead atoms. The highest BCUT2D eigenvalue weighted by Crippen LogP contribution is 2.10. The van der Waals surface area contributed by atoms with Crippen LogP contribution in [-0.4, -0.2) is 24.5 Å². The van der Waals surface area contributed by atoms with E-state index in [0.717, 1.165) is 12.1 Å². The van der Waals surface area contributed by atoms with Gasteiger partial charge in [-0.25, -0.2) is 4.99 Å². The van der Waals surface area contributed by atoms with Crippen LogP contribution in [0.2, 0.25) is 0 Å². The number of aliphatic imine (C=N–C) groups is 1. The highest BCUT2D eigenvalue weighted by atomic mass is 16.1. The first-order valence-electron chi connectivity index (χ1n) is 6.46. The van der Waals surface area contributed by atoms with Crippen molar-refractivity contribution in [3.63, 3.8) is 0 Å². The molecule has 0 aliphatic carbocycles. The Morgan fingerprint density at radius 1 is 1.42 bits per heavy atom. The van der Waals surface area contributed by atoms with E-state index in [1.165, 1.54) is 5.56 Å². The van der Waals surface area contributed by atoms with Gasteiger partial charge in [0.05, 0.1) is 0 Å². The Hall–Kier alpha value is -2.04. The molecule has 0 aliphatic rings. The number of carbonyl (C=O) groups is 1. The van der Waals surface area contributed by atoms with Gasteiger partial charge in [0.1, 0.15) is 6.54 Å². The number of rotatable bonds is 5. The van der Waals surface area contributed by atoms with Crippen molar-refractivity contribution in [3.05, 3.63) is 29.8 Å². The van der Waals surface area contributed by atoms with E-state index in [0.29, 0.717) is 0 Å². The Bertz CT molecular complexity index is 455. The summed E-state index contributed by atoms with van der Waals surface area (Å²) in [5, 5.41) is 5.72. The molecule has 0 radical (unpaired) electrons. The van der Waals surface area contributed by atoms with E-state index < -0.39 is 0 Å². The Labute approximate surface area is 114 Å². The Morgan fingerprint density at radius 3 is 2.79 bits per heavy atom. The fourth-order valence-corrected chi connectivity index (χ4v) is 1.57.